The maximum Gasteiger partial charge on any atom is 0.386 e. The summed E-state index contributed by atoms with van der Waals surface area (Å²) in [7, 11) is 0. The molecule has 0 saturated carbocycles. The third-order valence-electron chi connectivity index (χ3n) is 1.42. The zero-order chi connectivity index (χ0) is 10.2. The molecule has 0 saturated heterocycles. The van der Waals surface area contributed by atoms with E-state index in [0.717, 1.165) is 0 Å². The lowest BCUT2D eigenvalue weighted by atomic mass is 10.2. The SMILES string of the molecule is [O]C(=O)c1ccccc1.c1cn[nH]c1. The van der Waals surface area contributed by atoms with E-state index in [1.165, 1.54) is 12.1 Å². The van der Waals surface area contributed by atoms with Crippen molar-refractivity contribution in [3.8, 4) is 0 Å². The molecule has 4 nitrogen and oxygen atoms in total. The van der Waals surface area contributed by atoms with Crippen molar-refractivity contribution in [1.29, 1.82) is 0 Å². The number of hydrogen-bond acceptors (Lipinski definition) is 2. The van der Waals surface area contributed by atoms with Gasteiger partial charge in [0.05, 0.1) is 5.56 Å². The average Bonchev–Trinajstić information content (AvgIpc) is 2.77. The number of H-pyrrole nitrogens is 1. The van der Waals surface area contributed by atoms with Crippen LogP contribution >= 0.6 is 0 Å². The van der Waals surface area contributed by atoms with E-state index in [-0.39, 0.29) is 5.56 Å². The van der Waals surface area contributed by atoms with Gasteiger partial charge in [-0.15, -0.1) is 0 Å². The predicted octanol–water partition coefficient (Wildman–Crippen LogP) is 1.67. The minimum Gasteiger partial charge on any atom is -0.286 e. The average molecular weight is 189 g/mol. The molecule has 2 rings (SSSR count). The highest BCUT2D eigenvalue weighted by Crippen LogP contribution is 1.96. The third kappa shape index (κ3) is 3.53. The molecule has 1 radical (unpaired) electrons. The Labute approximate surface area is 81.2 Å². The van der Waals surface area contributed by atoms with E-state index in [2.05, 4.69) is 10.2 Å². The van der Waals surface area contributed by atoms with Gasteiger partial charge in [0.25, 0.3) is 0 Å². The molecule has 71 valence electrons. The first-order chi connectivity index (χ1) is 6.80. The fourth-order valence-corrected chi connectivity index (χ4v) is 0.789. The Morgan fingerprint density at radius 3 is 2.14 bits per heavy atom. The molecule has 2 aromatic rings. The van der Waals surface area contributed by atoms with E-state index in [9.17, 15) is 9.90 Å². The molecule has 0 aliphatic carbocycles. The predicted molar refractivity (Wildman–Crippen MR) is 50.0 cm³/mol. The number of nitrogens with zero attached hydrogens (tertiary/aromatic N) is 1. The van der Waals surface area contributed by atoms with Crippen LogP contribution in [0.1, 0.15) is 10.4 Å². The molecule has 0 aliphatic heterocycles. The van der Waals surface area contributed by atoms with Crippen molar-refractivity contribution in [2.45, 2.75) is 0 Å². The maximum absolute atomic E-state index is 10.1. The van der Waals surface area contributed by atoms with E-state index in [0.29, 0.717) is 0 Å². The molecule has 1 N–H and O–H groups in total. The Bertz CT molecular complexity index is 340. The molecule has 4 heteroatoms. The summed E-state index contributed by atoms with van der Waals surface area (Å²) in [5.41, 5.74) is 0.220. The van der Waals surface area contributed by atoms with Crippen LogP contribution in [0, 0.1) is 0 Å². The Balaban J connectivity index is 0.000000165. The summed E-state index contributed by atoms with van der Waals surface area (Å²) in [5, 5.41) is 16.3. The monoisotopic (exact) mass is 189 g/mol. The second-order valence-electron chi connectivity index (χ2n) is 2.42. The van der Waals surface area contributed by atoms with Crippen LogP contribution in [-0.4, -0.2) is 16.2 Å². The van der Waals surface area contributed by atoms with Gasteiger partial charge >= 0.3 is 5.97 Å². The maximum atomic E-state index is 10.1. The third-order valence-corrected chi connectivity index (χ3v) is 1.42. The van der Waals surface area contributed by atoms with Crippen LogP contribution in [0.15, 0.2) is 48.8 Å². The number of carbonyl (C=O) groups is 1. The molecule has 14 heavy (non-hydrogen) atoms. The second kappa shape index (κ2) is 5.53. The summed E-state index contributed by atoms with van der Waals surface area (Å²) >= 11 is 0. The van der Waals surface area contributed by atoms with Crippen molar-refractivity contribution in [3.05, 3.63) is 54.4 Å². The molecule has 0 amide bonds. The minimum atomic E-state index is -1.13. The molecule has 0 atom stereocenters. The van der Waals surface area contributed by atoms with Gasteiger partial charge in [-0.2, -0.15) is 5.10 Å². The Morgan fingerprint density at radius 2 is 1.86 bits per heavy atom. The van der Waals surface area contributed by atoms with Crippen molar-refractivity contribution in [2.24, 2.45) is 0 Å². The van der Waals surface area contributed by atoms with Crippen LogP contribution in [0.5, 0.6) is 0 Å². The van der Waals surface area contributed by atoms with Crippen molar-refractivity contribution in [1.82, 2.24) is 10.2 Å². The van der Waals surface area contributed by atoms with E-state index in [4.69, 9.17) is 0 Å². The van der Waals surface area contributed by atoms with Gasteiger partial charge in [-0.3, -0.25) is 5.10 Å². The van der Waals surface area contributed by atoms with Gasteiger partial charge in [0.15, 0.2) is 0 Å². The van der Waals surface area contributed by atoms with Gasteiger partial charge in [-0.05, 0) is 18.2 Å². The molecule has 0 aliphatic rings. The van der Waals surface area contributed by atoms with Crippen LogP contribution in [-0.2, 0) is 5.11 Å². The molecular formula is C10H9N2O2. The normalized spacial score (nSPS) is 8.57. The van der Waals surface area contributed by atoms with E-state index < -0.39 is 5.97 Å². The molecular weight excluding hydrogens is 180 g/mol. The lowest BCUT2D eigenvalue weighted by molar-refractivity contribution is 0.0573. The fraction of sp³-hybridized carbons (Fsp3) is 0. The first-order valence-electron chi connectivity index (χ1n) is 4.01. The van der Waals surface area contributed by atoms with Crippen molar-refractivity contribution in [3.63, 3.8) is 0 Å². The van der Waals surface area contributed by atoms with Gasteiger partial charge in [0.1, 0.15) is 0 Å². The second-order valence-corrected chi connectivity index (χ2v) is 2.42. The van der Waals surface area contributed by atoms with E-state index in [1.54, 1.807) is 30.6 Å². The summed E-state index contributed by atoms with van der Waals surface area (Å²) in [6, 6.07) is 9.90. The van der Waals surface area contributed by atoms with Crippen LogP contribution < -0.4 is 0 Å². The van der Waals surface area contributed by atoms with Gasteiger partial charge < -0.3 is 0 Å². The van der Waals surface area contributed by atoms with E-state index >= 15 is 0 Å². The molecule has 0 bridgehead atoms. The fourth-order valence-electron chi connectivity index (χ4n) is 0.789. The summed E-state index contributed by atoms with van der Waals surface area (Å²) < 4.78 is 0. The van der Waals surface area contributed by atoms with Crippen molar-refractivity contribution < 1.29 is 9.90 Å². The van der Waals surface area contributed by atoms with Crippen LogP contribution in [0.2, 0.25) is 0 Å². The lowest BCUT2D eigenvalue weighted by Gasteiger charge is -1.85. The molecule has 1 aromatic carbocycles. The van der Waals surface area contributed by atoms with E-state index in [1.807, 2.05) is 6.07 Å². The highest BCUT2D eigenvalue weighted by Gasteiger charge is 1.99. The number of nitrogens with one attached hydrogen (secondary N) is 1. The summed E-state index contributed by atoms with van der Waals surface area (Å²) in [4.78, 5) is 10.1. The molecule has 0 fully saturated rings. The minimum absolute atomic E-state index is 0.220. The zero-order valence-electron chi connectivity index (χ0n) is 7.38. The summed E-state index contributed by atoms with van der Waals surface area (Å²) in [5.74, 6) is -1.13. The highest BCUT2D eigenvalue weighted by atomic mass is 16.4. The number of aromatic nitrogens is 2. The first-order valence-corrected chi connectivity index (χ1v) is 4.01. The van der Waals surface area contributed by atoms with Crippen molar-refractivity contribution in [2.75, 3.05) is 0 Å². The smallest absolute Gasteiger partial charge is 0.286 e. The van der Waals surface area contributed by atoms with Gasteiger partial charge in [-0.1, -0.05) is 18.2 Å². The standard InChI is InChI=1S/C7H5O2.C3H4N2/c8-7(9)6-4-2-1-3-5-6;1-2-4-5-3-1/h1-5H;1-3H,(H,4,5). The summed E-state index contributed by atoms with van der Waals surface area (Å²) in [6.07, 6.45) is 3.46. The molecule has 0 unspecified atom stereocenters. The largest absolute Gasteiger partial charge is 0.386 e. The number of hydrogen-bond donors (Lipinski definition) is 1. The number of rotatable bonds is 1. The van der Waals surface area contributed by atoms with Gasteiger partial charge in [0, 0.05) is 12.4 Å². The Morgan fingerprint density at radius 1 is 1.14 bits per heavy atom. The topological polar surface area (TPSA) is 65.7 Å². The van der Waals surface area contributed by atoms with Gasteiger partial charge in [-0.25, -0.2) is 9.90 Å². The van der Waals surface area contributed by atoms with Crippen molar-refractivity contribution >= 4 is 5.97 Å². The van der Waals surface area contributed by atoms with Crippen LogP contribution in [0.3, 0.4) is 0 Å². The number of benzene rings is 1. The lowest BCUT2D eigenvalue weighted by Crippen LogP contribution is -1.91. The Kier molecular flexibility index (Phi) is 3.94. The van der Waals surface area contributed by atoms with Gasteiger partial charge in [0.2, 0.25) is 0 Å². The Hall–Kier alpha value is -2.10. The van der Waals surface area contributed by atoms with Crippen LogP contribution in [0.25, 0.3) is 0 Å². The number of carbonyl (C=O) groups excluding carboxylic acids is 1. The molecule has 1 heterocycles. The summed E-state index contributed by atoms with van der Waals surface area (Å²) in [6.45, 7) is 0. The molecule has 1 aromatic heterocycles. The first kappa shape index (κ1) is 9.98. The highest BCUT2D eigenvalue weighted by molar-refractivity contribution is 5.86. The quantitative estimate of drug-likeness (QED) is 0.741. The molecule has 0 spiro atoms. The number of aromatic amines is 1. The zero-order valence-corrected chi connectivity index (χ0v) is 7.38. The van der Waals surface area contributed by atoms with Crippen LogP contribution in [0.4, 0.5) is 0 Å².